The quantitative estimate of drug-likeness (QED) is 0.434. The summed E-state index contributed by atoms with van der Waals surface area (Å²) in [7, 11) is 3.46. The number of methoxy groups -OCH3 is 1. The molecule has 0 bridgehead atoms. The molecule has 8 heteroatoms. The van der Waals surface area contributed by atoms with Crippen LogP contribution in [-0.4, -0.2) is 75.2 Å². The number of aliphatic imine (C=N–C) groups is 1. The first-order valence-electron chi connectivity index (χ1n) is 9.74. The molecule has 1 amide bonds. The lowest BCUT2D eigenvalue weighted by atomic mass is 10.2. The molecule has 0 unspecified atom stereocenters. The maximum atomic E-state index is 12.0. The molecule has 1 aromatic carbocycles. The monoisotopic (exact) mass is 396 g/mol. The molecule has 2 heterocycles. The van der Waals surface area contributed by atoms with E-state index in [-0.39, 0.29) is 5.91 Å². The van der Waals surface area contributed by atoms with Crippen LogP contribution in [0.15, 0.2) is 53.8 Å². The normalized spacial score (nSPS) is 14.5. The molecule has 1 aliphatic rings. The number of carbonyl (C=O) groups excluding carboxylic acids is 1. The topological polar surface area (TPSA) is 82.1 Å². The molecule has 3 rings (SSSR count). The Kier molecular flexibility index (Phi) is 7.27. The van der Waals surface area contributed by atoms with Gasteiger partial charge in [-0.3, -0.25) is 14.8 Å². The molecule has 0 atom stereocenters. The molecule has 0 radical (unpaired) electrons. The second-order valence-corrected chi connectivity index (χ2v) is 6.64. The van der Waals surface area contributed by atoms with E-state index in [0.29, 0.717) is 18.7 Å². The third kappa shape index (κ3) is 5.60. The molecule has 0 saturated carbocycles. The van der Waals surface area contributed by atoms with E-state index in [2.05, 4.69) is 42.5 Å². The second-order valence-electron chi connectivity index (χ2n) is 6.64. The Morgan fingerprint density at radius 2 is 1.83 bits per heavy atom. The summed E-state index contributed by atoms with van der Waals surface area (Å²) in [6.45, 7) is 4.73. The fraction of sp³-hybridized carbons (Fsp3) is 0.381. The van der Waals surface area contributed by atoms with E-state index >= 15 is 0 Å². The molecule has 154 valence electrons. The number of hydrogen-bond donors (Lipinski definition) is 2. The molecule has 29 heavy (non-hydrogen) atoms. The number of aromatic nitrogens is 1. The molecule has 2 aromatic rings. The van der Waals surface area contributed by atoms with Crippen molar-refractivity contribution in [1.82, 2.24) is 20.5 Å². The van der Waals surface area contributed by atoms with Crippen LogP contribution in [0.2, 0.25) is 0 Å². The summed E-state index contributed by atoms with van der Waals surface area (Å²) in [6.07, 6.45) is 3.21. The van der Waals surface area contributed by atoms with Gasteiger partial charge in [-0.25, -0.2) is 0 Å². The molecule has 1 saturated heterocycles. The van der Waals surface area contributed by atoms with Crippen LogP contribution in [0.5, 0.6) is 5.75 Å². The third-order valence-corrected chi connectivity index (χ3v) is 4.85. The van der Waals surface area contributed by atoms with Crippen molar-refractivity contribution in [2.45, 2.75) is 0 Å². The number of hydrogen-bond acceptors (Lipinski definition) is 5. The van der Waals surface area contributed by atoms with E-state index in [1.165, 1.54) is 5.69 Å². The van der Waals surface area contributed by atoms with Gasteiger partial charge in [0.05, 0.1) is 12.7 Å². The minimum Gasteiger partial charge on any atom is -0.497 e. The van der Waals surface area contributed by atoms with Gasteiger partial charge in [0.25, 0.3) is 5.91 Å². The van der Waals surface area contributed by atoms with Gasteiger partial charge in [-0.15, -0.1) is 0 Å². The largest absolute Gasteiger partial charge is 0.497 e. The fourth-order valence-corrected chi connectivity index (χ4v) is 3.25. The van der Waals surface area contributed by atoms with Crippen molar-refractivity contribution in [1.29, 1.82) is 0 Å². The zero-order chi connectivity index (χ0) is 20.5. The number of nitrogens with zero attached hydrogens (tertiary/aromatic N) is 4. The van der Waals surface area contributed by atoms with Crippen LogP contribution < -0.4 is 20.3 Å². The van der Waals surface area contributed by atoms with Gasteiger partial charge in [-0.2, -0.15) is 0 Å². The zero-order valence-corrected chi connectivity index (χ0v) is 17.0. The summed E-state index contributed by atoms with van der Waals surface area (Å²) in [5, 5.41) is 6.21. The van der Waals surface area contributed by atoms with E-state index in [4.69, 9.17) is 4.74 Å². The Hall–Kier alpha value is -3.29. The molecule has 1 fully saturated rings. The SMILES string of the molecule is CN=C(NCCNC(=O)c1cccnc1)N1CCN(c2ccc(OC)cc2)CC1. The van der Waals surface area contributed by atoms with Gasteiger partial charge in [0.1, 0.15) is 5.75 Å². The molecule has 1 aliphatic heterocycles. The van der Waals surface area contributed by atoms with E-state index in [9.17, 15) is 4.79 Å². The van der Waals surface area contributed by atoms with Gasteiger partial charge in [0.15, 0.2) is 5.96 Å². The highest BCUT2D eigenvalue weighted by molar-refractivity contribution is 5.93. The number of guanidine groups is 1. The minimum absolute atomic E-state index is 0.122. The van der Waals surface area contributed by atoms with Crippen molar-refractivity contribution < 1.29 is 9.53 Å². The number of amides is 1. The minimum atomic E-state index is -0.122. The summed E-state index contributed by atoms with van der Waals surface area (Å²) >= 11 is 0. The number of ether oxygens (including phenoxy) is 1. The third-order valence-electron chi connectivity index (χ3n) is 4.85. The Balaban J connectivity index is 1.41. The molecule has 2 N–H and O–H groups in total. The van der Waals surface area contributed by atoms with E-state index in [1.807, 2.05) is 12.1 Å². The Morgan fingerprint density at radius 3 is 2.45 bits per heavy atom. The van der Waals surface area contributed by atoms with Crippen molar-refractivity contribution in [2.75, 3.05) is 58.3 Å². The van der Waals surface area contributed by atoms with Crippen LogP contribution in [0.1, 0.15) is 10.4 Å². The van der Waals surface area contributed by atoms with Crippen LogP contribution in [-0.2, 0) is 0 Å². The predicted molar refractivity (Wildman–Crippen MR) is 115 cm³/mol. The number of anilines is 1. The number of piperazine rings is 1. The lowest BCUT2D eigenvalue weighted by Gasteiger charge is -2.37. The number of benzene rings is 1. The summed E-state index contributed by atoms with van der Waals surface area (Å²) in [5.74, 6) is 1.60. The number of carbonyl (C=O) groups is 1. The van der Waals surface area contributed by atoms with Gasteiger partial charge in [0, 0.05) is 64.4 Å². The van der Waals surface area contributed by atoms with Gasteiger partial charge in [0.2, 0.25) is 0 Å². The first kappa shape index (κ1) is 20.4. The molecular weight excluding hydrogens is 368 g/mol. The van der Waals surface area contributed by atoms with Crippen molar-refractivity contribution in [3.8, 4) is 5.75 Å². The maximum Gasteiger partial charge on any atom is 0.252 e. The van der Waals surface area contributed by atoms with Crippen molar-refractivity contribution in [3.05, 3.63) is 54.4 Å². The van der Waals surface area contributed by atoms with Crippen LogP contribution >= 0.6 is 0 Å². The van der Waals surface area contributed by atoms with Gasteiger partial charge in [-0.1, -0.05) is 0 Å². The molecule has 0 spiro atoms. The van der Waals surface area contributed by atoms with Gasteiger partial charge in [-0.05, 0) is 36.4 Å². The lowest BCUT2D eigenvalue weighted by molar-refractivity contribution is 0.0954. The van der Waals surface area contributed by atoms with E-state index in [1.54, 1.807) is 38.7 Å². The Labute approximate surface area is 171 Å². The van der Waals surface area contributed by atoms with Crippen molar-refractivity contribution in [2.24, 2.45) is 4.99 Å². The fourth-order valence-electron chi connectivity index (χ4n) is 3.25. The van der Waals surface area contributed by atoms with E-state index < -0.39 is 0 Å². The first-order chi connectivity index (χ1) is 14.2. The summed E-state index contributed by atoms with van der Waals surface area (Å²) in [5.41, 5.74) is 1.76. The van der Waals surface area contributed by atoms with Crippen LogP contribution in [0, 0.1) is 0 Å². The smallest absolute Gasteiger partial charge is 0.252 e. The van der Waals surface area contributed by atoms with Crippen LogP contribution in [0.25, 0.3) is 0 Å². The highest BCUT2D eigenvalue weighted by Gasteiger charge is 2.19. The van der Waals surface area contributed by atoms with Crippen molar-refractivity contribution in [3.63, 3.8) is 0 Å². The number of rotatable bonds is 6. The van der Waals surface area contributed by atoms with E-state index in [0.717, 1.165) is 37.9 Å². The molecular formula is C21H28N6O2. The average molecular weight is 396 g/mol. The second kappa shape index (κ2) is 10.3. The van der Waals surface area contributed by atoms with Gasteiger partial charge < -0.3 is 25.2 Å². The Morgan fingerprint density at radius 1 is 1.10 bits per heavy atom. The molecule has 0 aliphatic carbocycles. The summed E-state index contributed by atoms with van der Waals surface area (Å²) in [4.78, 5) is 25.0. The Bertz CT molecular complexity index is 802. The number of nitrogens with one attached hydrogen (secondary N) is 2. The summed E-state index contributed by atoms with van der Waals surface area (Å²) in [6, 6.07) is 11.7. The lowest BCUT2D eigenvalue weighted by Crippen LogP contribution is -2.53. The standard InChI is InChI=1S/C21H28N6O2/c1-22-21(25-11-10-24-20(28)17-4-3-9-23-16-17)27-14-12-26(13-15-27)18-5-7-19(29-2)8-6-18/h3-9,16H,10-15H2,1-2H3,(H,22,25)(H,24,28). The average Bonchev–Trinajstić information content (AvgIpc) is 2.80. The zero-order valence-electron chi connectivity index (χ0n) is 17.0. The maximum absolute atomic E-state index is 12.0. The molecule has 8 nitrogen and oxygen atoms in total. The highest BCUT2D eigenvalue weighted by Crippen LogP contribution is 2.20. The van der Waals surface area contributed by atoms with Crippen LogP contribution in [0.4, 0.5) is 5.69 Å². The van der Waals surface area contributed by atoms with Crippen molar-refractivity contribution >= 4 is 17.6 Å². The summed E-state index contributed by atoms with van der Waals surface area (Å²) < 4.78 is 5.23. The predicted octanol–water partition coefficient (Wildman–Crippen LogP) is 1.22. The van der Waals surface area contributed by atoms with Crippen LogP contribution in [0.3, 0.4) is 0 Å². The first-order valence-corrected chi connectivity index (χ1v) is 9.74. The number of pyridine rings is 1. The highest BCUT2D eigenvalue weighted by atomic mass is 16.5. The molecule has 1 aromatic heterocycles. The van der Waals surface area contributed by atoms with Gasteiger partial charge >= 0.3 is 0 Å².